The van der Waals surface area contributed by atoms with Crippen molar-refractivity contribution in [3.05, 3.63) is 0 Å². The van der Waals surface area contributed by atoms with Gasteiger partial charge in [0.05, 0.1) is 11.5 Å². The molecule has 0 fully saturated rings. The van der Waals surface area contributed by atoms with Gasteiger partial charge in [-0.1, -0.05) is 53.4 Å². The van der Waals surface area contributed by atoms with E-state index in [0.717, 1.165) is 11.5 Å². The van der Waals surface area contributed by atoms with Gasteiger partial charge >= 0.3 is 0 Å². The Kier molecular flexibility index (Phi) is 6.09. The van der Waals surface area contributed by atoms with E-state index >= 15 is 0 Å². The molecule has 14 heavy (non-hydrogen) atoms. The summed E-state index contributed by atoms with van der Waals surface area (Å²) >= 11 is 3.82. The fourth-order valence-electron chi connectivity index (χ4n) is 0.607. The first-order valence-electron chi connectivity index (χ1n) is 4.94. The van der Waals surface area contributed by atoms with Crippen LogP contribution in [0.15, 0.2) is 0 Å². The van der Waals surface area contributed by atoms with Gasteiger partial charge in [-0.3, -0.25) is 0 Å². The van der Waals surface area contributed by atoms with Crippen molar-refractivity contribution in [1.29, 1.82) is 0 Å². The summed E-state index contributed by atoms with van der Waals surface area (Å²) in [6.45, 7) is 13.4. The first-order valence-corrected chi connectivity index (χ1v) is 6.91. The summed E-state index contributed by atoms with van der Waals surface area (Å²) < 4.78 is 0.678. The maximum absolute atomic E-state index is 3.21. The average Bonchev–Trinajstić information content (AvgIpc) is 1.92. The van der Waals surface area contributed by atoms with E-state index in [1.54, 1.807) is 0 Å². The topological polar surface area (TPSA) is 0 Å². The summed E-state index contributed by atoms with van der Waals surface area (Å²) in [5.41, 5.74) is 0. The Labute approximate surface area is 98.0 Å². The van der Waals surface area contributed by atoms with Gasteiger partial charge < -0.3 is 0 Å². The zero-order valence-electron chi connectivity index (χ0n) is 10.2. The summed E-state index contributed by atoms with van der Waals surface area (Å²) in [6.07, 6.45) is 0. The highest BCUT2D eigenvalue weighted by molar-refractivity contribution is 8.01. The lowest BCUT2D eigenvalue weighted by Crippen LogP contribution is -2.08. The van der Waals surface area contributed by atoms with Gasteiger partial charge in [-0.05, 0) is 0 Å². The van der Waals surface area contributed by atoms with Crippen molar-refractivity contribution in [1.82, 2.24) is 0 Å². The maximum atomic E-state index is 3.21. The van der Waals surface area contributed by atoms with Gasteiger partial charge in [0.2, 0.25) is 0 Å². The van der Waals surface area contributed by atoms with Crippen LogP contribution >= 0.6 is 23.5 Å². The number of hydrogen-bond donors (Lipinski definition) is 0. The van der Waals surface area contributed by atoms with Crippen LogP contribution in [0.4, 0.5) is 0 Å². The molecular weight excluding hydrogens is 208 g/mol. The molecule has 0 aromatic heterocycles. The lowest BCUT2D eigenvalue weighted by Gasteiger charge is -2.15. The highest BCUT2D eigenvalue weighted by Crippen LogP contribution is 2.23. The molecule has 0 amide bonds. The van der Waals surface area contributed by atoms with Crippen molar-refractivity contribution in [3.8, 4) is 11.8 Å². The quantitative estimate of drug-likeness (QED) is 0.656. The summed E-state index contributed by atoms with van der Waals surface area (Å²) in [5.74, 6) is 8.32. The molecule has 0 unspecified atom stereocenters. The van der Waals surface area contributed by atoms with E-state index in [0.29, 0.717) is 9.49 Å². The minimum absolute atomic E-state index is 0.339. The Hall–Kier alpha value is 0.260. The third kappa shape index (κ3) is 12.3. The fraction of sp³-hybridized carbons (Fsp3) is 0.833. The van der Waals surface area contributed by atoms with E-state index in [2.05, 4.69) is 53.4 Å². The molecular formula is C12H22S2. The van der Waals surface area contributed by atoms with Crippen LogP contribution in [0.5, 0.6) is 0 Å². The van der Waals surface area contributed by atoms with Crippen molar-refractivity contribution < 1.29 is 0 Å². The van der Waals surface area contributed by atoms with Gasteiger partial charge in [-0.2, -0.15) is 0 Å². The van der Waals surface area contributed by atoms with E-state index in [-0.39, 0.29) is 0 Å². The molecule has 0 nitrogen and oxygen atoms in total. The van der Waals surface area contributed by atoms with E-state index in [4.69, 9.17) is 0 Å². The van der Waals surface area contributed by atoms with Crippen molar-refractivity contribution in [2.24, 2.45) is 0 Å². The Morgan fingerprint density at radius 1 is 0.714 bits per heavy atom. The van der Waals surface area contributed by atoms with Gasteiger partial charge in [-0.15, -0.1) is 23.5 Å². The molecule has 0 rings (SSSR count). The molecule has 0 aromatic rings. The zero-order valence-corrected chi connectivity index (χ0v) is 11.9. The van der Waals surface area contributed by atoms with Crippen LogP contribution in [0.25, 0.3) is 0 Å². The SMILES string of the molecule is CC(C)(C)SCC#CCSC(C)(C)C. The summed E-state index contributed by atoms with van der Waals surface area (Å²) in [4.78, 5) is 0. The normalized spacial score (nSPS) is 12.1. The summed E-state index contributed by atoms with van der Waals surface area (Å²) in [5, 5.41) is 0. The molecule has 0 bridgehead atoms. The first-order chi connectivity index (χ1) is 6.21. The van der Waals surface area contributed by atoms with E-state index in [1.165, 1.54) is 0 Å². The van der Waals surface area contributed by atoms with Gasteiger partial charge in [0, 0.05) is 9.49 Å². The lowest BCUT2D eigenvalue weighted by molar-refractivity contribution is 0.804. The van der Waals surface area contributed by atoms with E-state index in [9.17, 15) is 0 Å². The molecule has 0 aliphatic carbocycles. The van der Waals surface area contributed by atoms with Crippen LogP contribution in [0.3, 0.4) is 0 Å². The zero-order chi connectivity index (χ0) is 11.2. The van der Waals surface area contributed by atoms with Crippen LogP contribution in [-0.2, 0) is 0 Å². The van der Waals surface area contributed by atoms with Crippen LogP contribution < -0.4 is 0 Å². The second-order valence-electron chi connectivity index (χ2n) is 5.16. The molecule has 0 N–H and O–H groups in total. The van der Waals surface area contributed by atoms with Crippen molar-refractivity contribution >= 4 is 23.5 Å². The monoisotopic (exact) mass is 230 g/mol. The highest BCUT2D eigenvalue weighted by atomic mass is 32.2. The Morgan fingerprint density at radius 2 is 1.00 bits per heavy atom. The molecule has 0 aliphatic rings. The Bertz CT molecular complexity index is 185. The van der Waals surface area contributed by atoms with Crippen molar-refractivity contribution in [3.63, 3.8) is 0 Å². The number of thioether (sulfide) groups is 2. The van der Waals surface area contributed by atoms with Gasteiger partial charge in [0.1, 0.15) is 0 Å². The lowest BCUT2D eigenvalue weighted by atomic mass is 10.3. The Morgan fingerprint density at radius 3 is 1.21 bits per heavy atom. The smallest absolute Gasteiger partial charge is 0.0553 e. The summed E-state index contributed by atoms with van der Waals surface area (Å²) in [6, 6.07) is 0. The predicted octanol–water partition coefficient (Wildman–Crippen LogP) is 4.05. The molecule has 2 heteroatoms. The second kappa shape index (κ2) is 5.98. The average molecular weight is 230 g/mol. The molecule has 0 heterocycles. The van der Waals surface area contributed by atoms with Crippen LogP contribution in [-0.4, -0.2) is 21.0 Å². The van der Waals surface area contributed by atoms with Gasteiger partial charge in [0.15, 0.2) is 0 Å². The van der Waals surface area contributed by atoms with Crippen molar-refractivity contribution in [2.75, 3.05) is 11.5 Å². The number of rotatable bonds is 2. The largest absolute Gasteiger partial charge is 0.143 e. The number of hydrogen-bond acceptors (Lipinski definition) is 2. The van der Waals surface area contributed by atoms with E-state index in [1.807, 2.05) is 23.5 Å². The minimum atomic E-state index is 0.339. The molecule has 0 saturated carbocycles. The van der Waals surface area contributed by atoms with Crippen molar-refractivity contribution in [2.45, 2.75) is 51.0 Å². The molecule has 0 spiro atoms. The van der Waals surface area contributed by atoms with Crippen LogP contribution in [0.2, 0.25) is 0 Å². The molecule has 0 aromatic carbocycles. The predicted molar refractivity (Wildman–Crippen MR) is 72.2 cm³/mol. The standard InChI is InChI=1S/C12H22S2/c1-11(2,3)13-9-7-8-10-14-12(4,5)6/h9-10H2,1-6H3. The molecule has 0 aliphatic heterocycles. The molecule has 0 saturated heterocycles. The highest BCUT2D eigenvalue weighted by Gasteiger charge is 2.09. The Balaban J connectivity index is 3.56. The fourth-order valence-corrected chi connectivity index (χ4v) is 1.82. The second-order valence-corrected chi connectivity index (χ2v) is 8.76. The molecule has 82 valence electrons. The maximum Gasteiger partial charge on any atom is 0.0553 e. The van der Waals surface area contributed by atoms with E-state index < -0.39 is 0 Å². The molecule has 0 atom stereocenters. The third-order valence-corrected chi connectivity index (χ3v) is 3.59. The molecule has 0 radical (unpaired) electrons. The van der Waals surface area contributed by atoms with Gasteiger partial charge in [-0.25, -0.2) is 0 Å². The van der Waals surface area contributed by atoms with Gasteiger partial charge in [0.25, 0.3) is 0 Å². The van der Waals surface area contributed by atoms with Crippen LogP contribution in [0.1, 0.15) is 41.5 Å². The third-order valence-electron chi connectivity index (χ3n) is 1.28. The summed E-state index contributed by atoms with van der Waals surface area (Å²) in [7, 11) is 0. The first kappa shape index (κ1) is 14.3. The van der Waals surface area contributed by atoms with Crippen LogP contribution in [0, 0.1) is 11.8 Å². The minimum Gasteiger partial charge on any atom is -0.143 e.